The van der Waals surface area contributed by atoms with E-state index in [1.54, 1.807) is 30.6 Å². The van der Waals surface area contributed by atoms with Crippen LogP contribution < -0.4 is 15.4 Å². The quantitative estimate of drug-likeness (QED) is 0.531. The Morgan fingerprint density at radius 3 is 2.60 bits per heavy atom. The monoisotopic (exact) mass is 412 g/mol. The SMILES string of the molecule is COc1ccc(C(=O)NC2CCC([N+](=O)[O-])CC2)cc1C(=O)NCc1cccnc1. The Morgan fingerprint density at radius 1 is 1.20 bits per heavy atom. The maximum atomic E-state index is 12.7. The number of pyridine rings is 1. The Bertz CT molecular complexity index is 911. The number of benzene rings is 1. The summed E-state index contributed by atoms with van der Waals surface area (Å²) in [5.41, 5.74) is 1.44. The minimum atomic E-state index is -0.533. The molecule has 1 saturated carbocycles. The number of hydrogen-bond donors (Lipinski definition) is 2. The van der Waals surface area contributed by atoms with E-state index in [0.29, 0.717) is 43.5 Å². The molecule has 0 atom stereocenters. The van der Waals surface area contributed by atoms with Gasteiger partial charge in [-0.15, -0.1) is 0 Å². The van der Waals surface area contributed by atoms with E-state index in [0.717, 1.165) is 5.56 Å². The van der Waals surface area contributed by atoms with Gasteiger partial charge in [-0.1, -0.05) is 6.07 Å². The molecule has 0 spiro atoms. The summed E-state index contributed by atoms with van der Waals surface area (Å²) in [5, 5.41) is 16.6. The fourth-order valence-electron chi connectivity index (χ4n) is 3.51. The highest BCUT2D eigenvalue weighted by atomic mass is 16.6. The Hall–Kier alpha value is -3.49. The smallest absolute Gasteiger partial charge is 0.255 e. The van der Waals surface area contributed by atoms with Crippen LogP contribution in [0.15, 0.2) is 42.7 Å². The zero-order valence-electron chi connectivity index (χ0n) is 16.7. The summed E-state index contributed by atoms with van der Waals surface area (Å²) >= 11 is 0. The molecule has 0 aliphatic heterocycles. The number of carbonyl (C=O) groups is 2. The number of nitrogens with one attached hydrogen (secondary N) is 2. The molecular weight excluding hydrogens is 388 g/mol. The lowest BCUT2D eigenvalue weighted by molar-refractivity contribution is -0.526. The van der Waals surface area contributed by atoms with Crippen LogP contribution in [-0.2, 0) is 6.54 Å². The van der Waals surface area contributed by atoms with Crippen molar-refractivity contribution in [1.82, 2.24) is 15.6 Å². The summed E-state index contributed by atoms with van der Waals surface area (Å²) in [4.78, 5) is 39.9. The molecule has 0 radical (unpaired) electrons. The second-order valence-electron chi connectivity index (χ2n) is 7.22. The molecule has 9 heteroatoms. The van der Waals surface area contributed by atoms with Crippen molar-refractivity contribution in [3.05, 3.63) is 69.5 Å². The topological polar surface area (TPSA) is 123 Å². The number of ether oxygens (including phenoxy) is 1. The van der Waals surface area contributed by atoms with Crippen LogP contribution in [0, 0.1) is 10.1 Å². The lowest BCUT2D eigenvalue weighted by atomic mass is 9.91. The standard InChI is InChI=1S/C21H24N4O5/c1-30-19-9-4-15(20(26)24-16-5-7-17(8-6-16)25(28)29)11-18(19)21(27)23-13-14-3-2-10-22-12-14/h2-4,9-12,16-17H,5-8,13H2,1H3,(H,23,27)(H,24,26). The third-order valence-electron chi connectivity index (χ3n) is 5.21. The van der Waals surface area contributed by atoms with Gasteiger partial charge in [-0.05, 0) is 42.7 Å². The molecule has 0 saturated heterocycles. The van der Waals surface area contributed by atoms with Gasteiger partial charge in [0.05, 0.1) is 12.7 Å². The van der Waals surface area contributed by atoms with E-state index in [4.69, 9.17) is 4.74 Å². The molecule has 30 heavy (non-hydrogen) atoms. The van der Waals surface area contributed by atoms with Crippen LogP contribution in [0.25, 0.3) is 0 Å². The molecular formula is C21H24N4O5. The van der Waals surface area contributed by atoms with Crippen LogP contribution in [-0.4, -0.2) is 40.9 Å². The summed E-state index contributed by atoms with van der Waals surface area (Å²) in [5.74, 6) is -0.318. The molecule has 0 bridgehead atoms. The Balaban J connectivity index is 1.65. The fraction of sp³-hybridized carbons (Fsp3) is 0.381. The largest absolute Gasteiger partial charge is 0.496 e. The minimum Gasteiger partial charge on any atom is -0.496 e. The van der Waals surface area contributed by atoms with E-state index in [1.807, 2.05) is 6.07 Å². The zero-order valence-corrected chi connectivity index (χ0v) is 16.7. The normalized spacial score (nSPS) is 18.3. The highest BCUT2D eigenvalue weighted by Gasteiger charge is 2.29. The van der Waals surface area contributed by atoms with Gasteiger partial charge >= 0.3 is 0 Å². The van der Waals surface area contributed by atoms with Gasteiger partial charge in [0, 0.05) is 48.3 Å². The molecule has 2 N–H and O–H groups in total. The first-order chi connectivity index (χ1) is 14.5. The van der Waals surface area contributed by atoms with Crippen molar-refractivity contribution >= 4 is 11.8 Å². The Kier molecular flexibility index (Phi) is 6.95. The van der Waals surface area contributed by atoms with Gasteiger partial charge in [-0.25, -0.2) is 0 Å². The summed E-state index contributed by atoms with van der Waals surface area (Å²) in [7, 11) is 1.46. The van der Waals surface area contributed by atoms with Gasteiger partial charge in [0.1, 0.15) is 5.75 Å². The van der Waals surface area contributed by atoms with Crippen LogP contribution in [0.1, 0.15) is 52.0 Å². The van der Waals surface area contributed by atoms with E-state index < -0.39 is 6.04 Å². The van der Waals surface area contributed by atoms with Gasteiger partial charge in [-0.2, -0.15) is 0 Å². The average molecular weight is 412 g/mol. The summed E-state index contributed by atoms with van der Waals surface area (Å²) in [6.07, 6.45) is 5.33. The van der Waals surface area contributed by atoms with E-state index >= 15 is 0 Å². The Morgan fingerprint density at radius 2 is 1.97 bits per heavy atom. The maximum Gasteiger partial charge on any atom is 0.255 e. The summed E-state index contributed by atoms with van der Waals surface area (Å²) < 4.78 is 5.27. The van der Waals surface area contributed by atoms with E-state index in [1.165, 1.54) is 13.2 Å². The third-order valence-corrected chi connectivity index (χ3v) is 5.21. The number of amides is 2. The van der Waals surface area contributed by atoms with Gasteiger partial charge in [0.2, 0.25) is 6.04 Å². The molecule has 9 nitrogen and oxygen atoms in total. The number of nitro groups is 1. The molecule has 1 aromatic carbocycles. The fourth-order valence-corrected chi connectivity index (χ4v) is 3.51. The van der Waals surface area contributed by atoms with Crippen molar-refractivity contribution in [2.75, 3.05) is 7.11 Å². The van der Waals surface area contributed by atoms with Crippen LogP contribution in [0.3, 0.4) is 0 Å². The van der Waals surface area contributed by atoms with Gasteiger partial charge in [-0.3, -0.25) is 24.7 Å². The average Bonchev–Trinajstić information content (AvgIpc) is 2.78. The van der Waals surface area contributed by atoms with Crippen molar-refractivity contribution in [2.24, 2.45) is 0 Å². The molecule has 2 aromatic rings. The number of nitrogens with zero attached hydrogens (tertiary/aromatic N) is 2. The second-order valence-corrected chi connectivity index (χ2v) is 7.22. The first kappa shape index (κ1) is 21.2. The van der Waals surface area contributed by atoms with Crippen LogP contribution >= 0.6 is 0 Å². The first-order valence-electron chi connectivity index (χ1n) is 9.77. The van der Waals surface area contributed by atoms with E-state index in [-0.39, 0.29) is 28.3 Å². The highest BCUT2D eigenvalue weighted by Crippen LogP contribution is 2.23. The van der Waals surface area contributed by atoms with Gasteiger partial charge in [0.25, 0.3) is 11.8 Å². The highest BCUT2D eigenvalue weighted by molar-refractivity contribution is 6.01. The van der Waals surface area contributed by atoms with Crippen molar-refractivity contribution in [3.63, 3.8) is 0 Å². The van der Waals surface area contributed by atoms with Crippen LogP contribution in [0.2, 0.25) is 0 Å². The minimum absolute atomic E-state index is 0.112. The molecule has 1 aliphatic rings. The van der Waals surface area contributed by atoms with Crippen molar-refractivity contribution in [2.45, 2.75) is 44.3 Å². The number of hydrogen-bond acceptors (Lipinski definition) is 6. The number of methoxy groups -OCH3 is 1. The molecule has 1 fully saturated rings. The molecule has 1 aliphatic carbocycles. The molecule has 3 rings (SSSR count). The molecule has 1 heterocycles. The van der Waals surface area contributed by atoms with Crippen molar-refractivity contribution in [1.29, 1.82) is 0 Å². The molecule has 2 amide bonds. The summed E-state index contributed by atoms with van der Waals surface area (Å²) in [6.45, 7) is 0.298. The second kappa shape index (κ2) is 9.82. The lowest BCUT2D eigenvalue weighted by Crippen LogP contribution is -2.40. The van der Waals surface area contributed by atoms with Crippen molar-refractivity contribution < 1.29 is 19.2 Å². The van der Waals surface area contributed by atoms with Crippen molar-refractivity contribution in [3.8, 4) is 5.75 Å². The Labute approximate surface area is 174 Å². The number of aromatic nitrogens is 1. The maximum absolute atomic E-state index is 12.7. The molecule has 1 aromatic heterocycles. The number of carbonyl (C=O) groups excluding carboxylic acids is 2. The van der Waals surface area contributed by atoms with Gasteiger partial charge < -0.3 is 15.4 Å². The van der Waals surface area contributed by atoms with Gasteiger partial charge in [0.15, 0.2) is 0 Å². The first-order valence-corrected chi connectivity index (χ1v) is 9.77. The van der Waals surface area contributed by atoms with E-state index in [9.17, 15) is 19.7 Å². The number of rotatable bonds is 7. The molecule has 158 valence electrons. The molecule has 0 unspecified atom stereocenters. The predicted octanol–water partition coefficient (Wildman–Crippen LogP) is 2.34. The lowest BCUT2D eigenvalue weighted by Gasteiger charge is -2.25. The van der Waals surface area contributed by atoms with Crippen LogP contribution in [0.4, 0.5) is 0 Å². The zero-order chi connectivity index (χ0) is 21.5. The predicted molar refractivity (Wildman–Crippen MR) is 109 cm³/mol. The van der Waals surface area contributed by atoms with E-state index in [2.05, 4.69) is 15.6 Å². The summed E-state index contributed by atoms with van der Waals surface area (Å²) in [6, 6.07) is 7.66. The third kappa shape index (κ3) is 5.31. The van der Waals surface area contributed by atoms with Crippen LogP contribution in [0.5, 0.6) is 5.75 Å².